The quantitative estimate of drug-likeness (QED) is 0.845. The summed E-state index contributed by atoms with van der Waals surface area (Å²) in [6.45, 7) is 1.36. The highest BCUT2D eigenvalue weighted by Gasteiger charge is 2.30. The van der Waals surface area contributed by atoms with Gasteiger partial charge in [-0.15, -0.1) is 0 Å². The Morgan fingerprint density at radius 1 is 0.929 bits per heavy atom. The van der Waals surface area contributed by atoms with E-state index in [-0.39, 0.29) is 17.2 Å². The van der Waals surface area contributed by atoms with E-state index in [1.807, 2.05) is 0 Å². The van der Waals surface area contributed by atoms with Crippen LogP contribution in [-0.2, 0) is 6.18 Å². The van der Waals surface area contributed by atoms with Crippen LogP contribution in [0.15, 0.2) is 42.7 Å². The van der Waals surface area contributed by atoms with Crippen LogP contribution in [0.25, 0.3) is 0 Å². The van der Waals surface area contributed by atoms with Crippen LogP contribution in [0.2, 0.25) is 0 Å². The van der Waals surface area contributed by atoms with Crippen molar-refractivity contribution < 1.29 is 22.8 Å². The van der Waals surface area contributed by atoms with Gasteiger partial charge in [-0.25, -0.2) is 0 Å². The van der Waals surface area contributed by atoms with E-state index in [0.29, 0.717) is 18.7 Å². The van der Waals surface area contributed by atoms with Crippen LogP contribution >= 0.6 is 0 Å². The molecule has 0 saturated carbocycles. The largest absolute Gasteiger partial charge is 0.416 e. The molecule has 1 aliphatic rings. The van der Waals surface area contributed by atoms with Crippen LogP contribution < -0.4 is 5.32 Å². The number of benzene rings is 1. The Bertz CT molecular complexity index is 843. The van der Waals surface area contributed by atoms with Gasteiger partial charge in [-0.2, -0.15) is 13.2 Å². The molecule has 1 fully saturated rings. The maximum absolute atomic E-state index is 12.7. The highest BCUT2D eigenvalue weighted by atomic mass is 19.4. The van der Waals surface area contributed by atoms with E-state index in [9.17, 15) is 22.8 Å². The zero-order valence-corrected chi connectivity index (χ0v) is 15.1. The van der Waals surface area contributed by atoms with Crippen LogP contribution in [0.1, 0.15) is 52.0 Å². The molecule has 2 heterocycles. The number of carbonyl (C=O) groups excluding carboxylic acids is 2. The van der Waals surface area contributed by atoms with Gasteiger partial charge in [-0.05, 0) is 43.2 Å². The second-order valence-electron chi connectivity index (χ2n) is 6.70. The normalized spacial score (nSPS) is 15.0. The number of nitrogens with zero attached hydrogens (tertiary/aromatic N) is 2. The Labute approximate surface area is 160 Å². The average molecular weight is 391 g/mol. The van der Waals surface area contributed by atoms with E-state index < -0.39 is 17.6 Å². The summed E-state index contributed by atoms with van der Waals surface area (Å²) in [4.78, 5) is 30.8. The molecule has 1 saturated heterocycles. The minimum absolute atomic E-state index is 0.167. The lowest BCUT2D eigenvalue weighted by Crippen LogP contribution is -2.32. The number of anilines is 1. The Kier molecular flexibility index (Phi) is 5.96. The van der Waals surface area contributed by atoms with Gasteiger partial charge in [-0.3, -0.25) is 14.6 Å². The summed E-state index contributed by atoms with van der Waals surface area (Å²) in [5.41, 5.74) is -0.0815. The van der Waals surface area contributed by atoms with Crippen molar-refractivity contribution in [3.05, 3.63) is 59.4 Å². The molecule has 0 aliphatic carbocycles. The Morgan fingerprint density at radius 3 is 2.14 bits per heavy atom. The SMILES string of the molecule is O=C(Nc1ccc(C(F)(F)F)cc1)c1cncc(C(=O)N2CCCCCC2)c1. The van der Waals surface area contributed by atoms with Crippen molar-refractivity contribution in [3.8, 4) is 0 Å². The molecule has 8 heteroatoms. The third kappa shape index (κ3) is 4.88. The summed E-state index contributed by atoms with van der Waals surface area (Å²) in [5, 5.41) is 2.52. The number of carbonyl (C=O) groups is 2. The second-order valence-corrected chi connectivity index (χ2v) is 6.70. The molecule has 0 unspecified atom stereocenters. The van der Waals surface area contributed by atoms with Crippen LogP contribution in [-0.4, -0.2) is 34.8 Å². The van der Waals surface area contributed by atoms with Crippen molar-refractivity contribution in [1.82, 2.24) is 9.88 Å². The van der Waals surface area contributed by atoms with E-state index in [1.165, 1.54) is 30.6 Å². The van der Waals surface area contributed by atoms with Gasteiger partial charge in [0.15, 0.2) is 0 Å². The van der Waals surface area contributed by atoms with E-state index >= 15 is 0 Å². The van der Waals surface area contributed by atoms with E-state index in [4.69, 9.17) is 0 Å². The fraction of sp³-hybridized carbons (Fsp3) is 0.350. The summed E-state index contributed by atoms with van der Waals surface area (Å²) < 4.78 is 37.8. The van der Waals surface area contributed by atoms with Crippen LogP contribution in [0, 0.1) is 0 Å². The topological polar surface area (TPSA) is 62.3 Å². The number of likely N-dealkylation sites (tertiary alicyclic amines) is 1. The molecule has 2 aromatic rings. The zero-order chi connectivity index (χ0) is 20.1. The molecule has 148 valence electrons. The fourth-order valence-corrected chi connectivity index (χ4v) is 3.08. The lowest BCUT2D eigenvalue weighted by molar-refractivity contribution is -0.137. The van der Waals surface area contributed by atoms with Gasteiger partial charge in [0.05, 0.1) is 16.7 Å². The predicted molar refractivity (Wildman–Crippen MR) is 98.0 cm³/mol. The van der Waals surface area contributed by atoms with Gasteiger partial charge in [0.25, 0.3) is 11.8 Å². The summed E-state index contributed by atoms with van der Waals surface area (Å²) in [7, 11) is 0. The second kappa shape index (κ2) is 8.41. The highest BCUT2D eigenvalue weighted by molar-refractivity contribution is 6.05. The molecule has 1 aliphatic heterocycles. The lowest BCUT2D eigenvalue weighted by atomic mass is 10.1. The number of aromatic nitrogens is 1. The van der Waals surface area contributed by atoms with Gasteiger partial charge in [0.2, 0.25) is 0 Å². The molecule has 1 N–H and O–H groups in total. The van der Waals surface area contributed by atoms with E-state index in [0.717, 1.165) is 37.8 Å². The van der Waals surface area contributed by atoms with Crippen molar-refractivity contribution >= 4 is 17.5 Å². The highest BCUT2D eigenvalue weighted by Crippen LogP contribution is 2.29. The Balaban J connectivity index is 1.70. The summed E-state index contributed by atoms with van der Waals surface area (Å²) in [6, 6.07) is 5.61. The van der Waals surface area contributed by atoms with Crippen molar-refractivity contribution in [2.75, 3.05) is 18.4 Å². The molecule has 28 heavy (non-hydrogen) atoms. The van der Waals surface area contributed by atoms with Gasteiger partial charge in [0, 0.05) is 31.2 Å². The van der Waals surface area contributed by atoms with Gasteiger partial charge in [0.1, 0.15) is 0 Å². The molecule has 1 aromatic carbocycles. The van der Waals surface area contributed by atoms with Crippen molar-refractivity contribution in [2.24, 2.45) is 0 Å². The first kappa shape index (κ1) is 19.9. The predicted octanol–water partition coefficient (Wildman–Crippen LogP) is 4.37. The number of hydrogen-bond donors (Lipinski definition) is 1. The van der Waals surface area contributed by atoms with E-state index in [2.05, 4.69) is 10.3 Å². The monoisotopic (exact) mass is 391 g/mol. The molecule has 0 bridgehead atoms. The molecular weight excluding hydrogens is 371 g/mol. The van der Waals surface area contributed by atoms with Crippen LogP contribution in [0.3, 0.4) is 0 Å². The fourth-order valence-electron chi connectivity index (χ4n) is 3.08. The van der Waals surface area contributed by atoms with Gasteiger partial charge < -0.3 is 10.2 Å². The average Bonchev–Trinajstić information content (AvgIpc) is 2.97. The zero-order valence-electron chi connectivity index (χ0n) is 15.1. The standard InChI is InChI=1S/C20H20F3N3O2/c21-20(22,23)16-5-7-17(8-6-16)25-18(27)14-11-15(13-24-12-14)19(28)26-9-3-1-2-4-10-26/h5-8,11-13H,1-4,9-10H2,(H,25,27). The van der Waals surface area contributed by atoms with Crippen molar-refractivity contribution in [1.29, 1.82) is 0 Å². The molecular formula is C20H20F3N3O2. The molecule has 2 amide bonds. The minimum atomic E-state index is -4.44. The summed E-state index contributed by atoms with van der Waals surface area (Å²) >= 11 is 0. The van der Waals surface area contributed by atoms with Crippen LogP contribution in [0.5, 0.6) is 0 Å². The number of nitrogens with one attached hydrogen (secondary N) is 1. The number of amides is 2. The number of pyridine rings is 1. The van der Waals surface area contributed by atoms with Crippen molar-refractivity contribution in [2.45, 2.75) is 31.9 Å². The maximum atomic E-state index is 12.7. The molecule has 0 spiro atoms. The van der Waals surface area contributed by atoms with Crippen molar-refractivity contribution in [3.63, 3.8) is 0 Å². The Morgan fingerprint density at radius 2 is 1.54 bits per heavy atom. The lowest BCUT2D eigenvalue weighted by Gasteiger charge is -2.20. The molecule has 3 rings (SSSR count). The first-order valence-electron chi connectivity index (χ1n) is 9.07. The third-order valence-electron chi connectivity index (χ3n) is 4.61. The smallest absolute Gasteiger partial charge is 0.339 e. The number of hydrogen-bond acceptors (Lipinski definition) is 3. The third-order valence-corrected chi connectivity index (χ3v) is 4.61. The minimum Gasteiger partial charge on any atom is -0.339 e. The molecule has 0 radical (unpaired) electrons. The van der Waals surface area contributed by atoms with Crippen LogP contribution in [0.4, 0.5) is 18.9 Å². The molecule has 1 aromatic heterocycles. The first-order chi connectivity index (χ1) is 13.3. The number of alkyl halides is 3. The number of rotatable bonds is 3. The van der Waals surface area contributed by atoms with E-state index in [1.54, 1.807) is 4.90 Å². The van der Waals surface area contributed by atoms with Gasteiger partial charge in [-0.1, -0.05) is 12.8 Å². The summed E-state index contributed by atoms with van der Waals surface area (Å²) in [6.07, 6.45) is 2.39. The Hall–Kier alpha value is -2.90. The number of halogens is 3. The molecule has 0 atom stereocenters. The molecule has 5 nitrogen and oxygen atoms in total. The summed E-state index contributed by atoms with van der Waals surface area (Å²) in [5.74, 6) is -0.712. The first-order valence-corrected chi connectivity index (χ1v) is 9.07. The maximum Gasteiger partial charge on any atom is 0.416 e. The van der Waals surface area contributed by atoms with Gasteiger partial charge >= 0.3 is 6.18 Å².